The lowest BCUT2D eigenvalue weighted by atomic mass is 10.3. The number of anilines is 1. The van der Waals surface area contributed by atoms with Crippen LogP contribution in [-0.4, -0.2) is 23.2 Å². The van der Waals surface area contributed by atoms with Crippen LogP contribution >= 0.6 is 0 Å². The standard InChI is InChI=1S/C10H11N3O/c1-14-7-2-3-9-8(6-7)12-10-11-4-5-13(9)10/h2-3,6H,4-5H2,1H3,(H,11,12). The van der Waals surface area contributed by atoms with Crippen molar-refractivity contribution >= 4 is 17.0 Å². The Kier molecular flexibility index (Phi) is 1.45. The fourth-order valence-electron chi connectivity index (χ4n) is 1.88. The van der Waals surface area contributed by atoms with E-state index in [4.69, 9.17) is 4.74 Å². The molecular weight excluding hydrogens is 178 g/mol. The number of aromatic nitrogens is 2. The molecule has 1 aromatic heterocycles. The molecule has 4 heteroatoms. The van der Waals surface area contributed by atoms with Crippen molar-refractivity contribution in [1.29, 1.82) is 0 Å². The number of imidazole rings is 1. The van der Waals surface area contributed by atoms with Gasteiger partial charge >= 0.3 is 0 Å². The third-order valence-corrected chi connectivity index (χ3v) is 2.57. The lowest BCUT2D eigenvalue weighted by Crippen LogP contribution is -1.94. The van der Waals surface area contributed by atoms with Crippen molar-refractivity contribution < 1.29 is 4.74 Å². The molecule has 1 N–H and O–H groups in total. The van der Waals surface area contributed by atoms with Crippen LogP contribution in [0.25, 0.3) is 11.0 Å². The lowest BCUT2D eigenvalue weighted by Gasteiger charge is -1.99. The quantitative estimate of drug-likeness (QED) is 0.738. The summed E-state index contributed by atoms with van der Waals surface area (Å²) in [6.07, 6.45) is 0. The molecule has 3 rings (SSSR count). The molecule has 1 aliphatic heterocycles. The van der Waals surface area contributed by atoms with Gasteiger partial charge in [0.15, 0.2) is 0 Å². The first kappa shape index (κ1) is 7.67. The van der Waals surface area contributed by atoms with Crippen LogP contribution in [0.15, 0.2) is 18.2 Å². The molecule has 0 radical (unpaired) electrons. The highest BCUT2D eigenvalue weighted by atomic mass is 16.5. The zero-order valence-electron chi connectivity index (χ0n) is 7.95. The molecule has 1 aromatic carbocycles. The molecule has 0 saturated heterocycles. The first-order valence-electron chi connectivity index (χ1n) is 4.66. The Bertz CT molecular complexity index is 489. The van der Waals surface area contributed by atoms with Gasteiger partial charge in [-0.2, -0.15) is 0 Å². The van der Waals surface area contributed by atoms with Gasteiger partial charge in [0.05, 0.1) is 18.1 Å². The first-order valence-corrected chi connectivity index (χ1v) is 4.66. The second-order valence-electron chi connectivity index (χ2n) is 3.37. The highest BCUT2D eigenvalue weighted by molar-refractivity contribution is 5.80. The van der Waals surface area contributed by atoms with Crippen LogP contribution in [0.2, 0.25) is 0 Å². The van der Waals surface area contributed by atoms with E-state index in [-0.39, 0.29) is 0 Å². The Balaban J connectivity index is 2.27. The van der Waals surface area contributed by atoms with E-state index >= 15 is 0 Å². The van der Waals surface area contributed by atoms with Gasteiger partial charge in [-0.05, 0) is 12.1 Å². The highest BCUT2D eigenvalue weighted by Gasteiger charge is 2.15. The Morgan fingerprint density at radius 2 is 2.43 bits per heavy atom. The van der Waals surface area contributed by atoms with Crippen molar-refractivity contribution in [2.24, 2.45) is 0 Å². The molecule has 0 bridgehead atoms. The molecule has 0 atom stereocenters. The molecule has 14 heavy (non-hydrogen) atoms. The summed E-state index contributed by atoms with van der Waals surface area (Å²) < 4.78 is 7.34. The van der Waals surface area contributed by atoms with Crippen molar-refractivity contribution in [1.82, 2.24) is 9.55 Å². The summed E-state index contributed by atoms with van der Waals surface area (Å²) in [5.41, 5.74) is 2.16. The summed E-state index contributed by atoms with van der Waals surface area (Å²) in [6.45, 7) is 1.97. The van der Waals surface area contributed by atoms with E-state index in [2.05, 4.69) is 20.9 Å². The van der Waals surface area contributed by atoms with Gasteiger partial charge in [-0.3, -0.25) is 0 Å². The molecule has 0 fully saturated rings. The van der Waals surface area contributed by atoms with Crippen LogP contribution in [0.5, 0.6) is 5.75 Å². The molecule has 2 aromatic rings. The Morgan fingerprint density at radius 3 is 3.29 bits per heavy atom. The molecule has 0 saturated carbocycles. The third kappa shape index (κ3) is 0.907. The predicted molar refractivity (Wildman–Crippen MR) is 54.8 cm³/mol. The Hall–Kier alpha value is -1.71. The van der Waals surface area contributed by atoms with Crippen LogP contribution < -0.4 is 10.1 Å². The average molecular weight is 189 g/mol. The summed E-state index contributed by atoms with van der Waals surface area (Å²) in [7, 11) is 1.67. The largest absolute Gasteiger partial charge is 0.497 e. The molecule has 2 heterocycles. The number of nitrogens with zero attached hydrogens (tertiary/aromatic N) is 2. The molecule has 0 amide bonds. The number of hydrogen-bond donors (Lipinski definition) is 1. The van der Waals surface area contributed by atoms with Gasteiger partial charge < -0.3 is 14.6 Å². The number of methoxy groups -OCH3 is 1. The van der Waals surface area contributed by atoms with Gasteiger partial charge in [0.2, 0.25) is 5.95 Å². The normalized spacial score (nSPS) is 14.1. The Morgan fingerprint density at radius 1 is 1.50 bits per heavy atom. The van der Waals surface area contributed by atoms with Crippen molar-refractivity contribution in [2.75, 3.05) is 19.0 Å². The molecule has 72 valence electrons. The second kappa shape index (κ2) is 2.64. The maximum Gasteiger partial charge on any atom is 0.204 e. The van der Waals surface area contributed by atoms with Crippen molar-refractivity contribution in [3.05, 3.63) is 18.2 Å². The number of ether oxygens (including phenoxy) is 1. The fourth-order valence-corrected chi connectivity index (χ4v) is 1.88. The molecule has 1 aliphatic rings. The maximum absolute atomic E-state index is 5.15. The minimum Gasteiger partial charge on any atom is -0.497 e. The average Bonchev–Trinajstić information content (AvgIpc) is 2.75. The summed E-state index contributed by atoms with van der Waals surface area (Å²) in [4.78, 5) is 4.47. The summed E-state index contributed by atoms with van der Waals surface area (Å²) in [5.74, 6) is 1.82. The van der Waals surface area contributed by atoms with E-state index in [1.807, 2.05) is 12.1 Å². The van der Waals surface area contributed by atoms with Crippen LogP contribution in [0.1, 0.15) is 0 Å². The van der Waals surface area contributed by atoms with Gasteiger partial charge in [-0.1, -0.05) is 0 Å². The number of nitrogens with one attached hydrogen (secondary N) is 1. The number of hydrogen-bond acceptors (Lipinski definition) is 3. The van der Waals surface area contributed by atoms with Gasteiger partial charge in [0.25, 0.3) is 0 Å². The third-order valence-electron chi connectivity index (χ3n) is 2.57. The van der Waals surface area contributed by atoms with Gasteiger partial charge in [0, 0.05) is 19.2 Å². The minimum atomic E-state index is 0.856. The minimum absolute atomic E-state index is 0.856. The monoisotopic (exact) mass is 189 g/mol. The fraction of sp³-hybridized carbons (Fsp3) is 0.300. The number of rotatable bonds is 1. The summed E-state index contributed by atoms with van der Waals surface area (Å²) in [6, 6.07) is 5.98. The summed E-state index contributed by atoms with van der Waals surface area (Å²) >= 11 is 0. The molecule has 0 spiro atoms. The summed E-state index contributed by atoms with van der Waals surface area (Å²) in [5, 5.41) is 3.24. The number of benzene rings is 1. The van der Waals surface area contributed by atoms with Gasteiger partial charge in [-0.25, -0.2) is 4.98 Å². The van der Waals surface area contributed by atoms with E-state index < -0.39 is 0 Å². The van der Waals surface area contributed by atoms with E-state index in [0.29, 0.717) is 0 Å². The second-order valence-corrected chi connectivity index (χ2v) is 3.37. The van der Waals surface area contributed by atoms with Crippen molar-refractivity contribution in [3.8, 4) is 5.75 Å². The van der Waals surface area contributed by atoms with Crippen LogP contribution in [0.3, 0.4) is 0 Å². The van der Waals surface area contributed by atoms with Crippen LogP contribution in [-0.2, 0) is 6.54 Å². The molecule has 0 aliphatic carbocycles. The zero-order valence-corrected chi connectivity index (χ0v) is 7.95. The van der Waals surface area contributed by atoms with Gasteiger partial charge in [-0.15, -0.1) is 0 Å². The molecular formula is C10H11N3O. The SMILES string of the molecule is COc1ccc2c(c1)nc1n2CCN1. The maximum atomic E-state index is 5.15. The van der Waals surface area contributed by atoms with Gasteiger partial charge in [0.1, 0.15) is 5.75 Å². The number of fused-ring (bicyclic) bond motifs is 3. The van der Waals surface area contributed by atoms with E-state index in [0.717, 1.165) is 30.3 Å². The van der Waals surface area contributed by atoms with Crippen LogP contribution in [0, 0.1) is 0 Å². The predicted octanol–water partition coefficient (Wildman–Crippen LogP) is 1.47. The van der Waals surface area contributed by atoms with E-state index in [1.54, 1.807) is 7.11 Å². The van der Waals surface area contributed by atoms with Crippen molar-refractivity contribution in [2.45, 2.75) is 6.54 Å². The lowest BCUT2D eigenvalue weighted by molar-refractivity contribution is 0.415. The molecule has 4 nitrogen and oxygen atoms in total. The Labute approximate surface area is 81.5 Å². The highest BCUT2D eigenvalue weighted by Crippen LogP contribution is 2.25. The van der Waals surface area contributed by atoms with Crippen LogP contribution in [0.4, 0.5) is 5.95 Å². The first-order chi connectivity index (χ1) is 6.88. The van der Waals surface area contributed by atoms with E-state index in [9.17, 15) is 0 Å². The van der Waals surface area contributed by atoms with Crippen molar-refractivity contribution in [3.63, 3.8) is 0 Å². The van der Waals surface area contributed by atoms with E-state index in [1.165, 1.54) is 5.52 Å². The topological polar surface area (TPSA) is 39.1 Å². The molecule has 0 unspecified atom stereocenters. The smallest absolute Gasteiger partial charge is 0.204 e. The zero-order chi connectivity index (χ0) is 9.54.